The number of nitrogens with zero attached hydrogens (tertiary/aromatic N) is 2. The molecular weight excluding hydrogens is 476 g/mol. The zero-order valence-corrected chi connectivity index (χ0v) is 25.0. The largest absolute Gasteiger partial charge is 0.462 e. The number of rotatable bonds is 24. The van der Waals surface area contributed by atoms with Gasteiger partial charge < -0.3 is 19.3 Å². The molecule has 0 spiro atoms. The zero-order valence-electron chi connectivity index (χ0n) is 25.0. The molecule has 218 valence electrons. The van der Waals surface area contributed by atoms with Gasteiger partial charge in [0.2, 0.25) is 0 Å². The highest BCUT2D eigenvalue weighted by molar-refractivity contribution is 5.95. The van der Waals surface area contributed by atoms with E-state index in [9.17, 15) is 9.59 Å². The van der Waals surface area contributed by atoms with E-state index in [0.29, 0.717) is 24.3 Å². The minimum atomic E-state index is -0.389. The predicted octanol–water partition coefficient (Wildman–Crippen LogP) is 7.37. The number of carbonyl (C=O) groups is 2. The molecule has 0 radical (unpaired) electrons. The molecule has 1 aromatic carbocycles. The number of benzene rings is 1. The number of ether oxygens (including phenoxy) is 2. The van der Waals surface area contributed by atoms with Crippen LogP contribution in [0.2, 0.25) is 0 Å². The highest BCUT2D eigenvalue weighted by Crippen LogP contribution is 2.10. The van der Waals surface area contributed by atoms with Gasteiger partial charge in [-0.25, -0.2) is 9.59 Å². The first-order valence-electron chi connectivity index (χ1n) is 15.4. The smallest absolute Gasteiger partial charge is 0.338 e. The molecule has 0 aliphatic carbocycles. The van der Waals surface area contributed by atoms with Crippen molar-refractivity contribution in [3.8, 4) is 0 Å². The molecule has 0 atom stereocenters. The fourth-order valence-corrected chi connectivity index (χ4v) is 4.58. The minimum absolute atomic E-state index is 0.381. The third-order valence-electron chi connectivity index (χ3n) is 7.09. The van der Waals surface area contributed by atoms with Crippen molar-refractivity contribution in [1.29, 1.82) is 0 Å². The van der Waals surface area contributed by atoms with Gasteiger partial charge in [-0.3, -0.25) is 0 Å². The van der Waals surface area contributed by atoms with Crippen molar-refractivity contribution in [2.24, 2.45) is 0 Å². The molecular formula is C32H56N2O4. The highest BCUT2D eigenvalue weighted by atomic mass is 16.5. The lowest BCUT2D eigenvalue weighted by molar-refractivity contribution is 0.0487. The van der Waals surface area contributed by atoms with Crippen molar-refractivity contribution in [1.82, 2.24) is 9.80 Å². The number of esters is 2. The maximum absolute atomic E-state index is 12.5. The number of carbonyl (C=O) groups excluding carboxylic acids is 2. The van der Waals surface area contributed by atoms with Gasteiger partial charge in [-0.2, -0.15) is 0 Å². The van der Waals surface area contributed by atoms with E-state index in [2.05, 4.69) is 37.5 Å². The first-order chi connectivity index (χ1) is 18.5. The third kappa shape index (κ3) is 16.1. The maximum Gasteiger partial charge on any atom is 0.338 e. The lowest BCUT2D eigenvalue weighted by Gasteiger charge is -2.20. The van der Waals surface area contributed by atoms with E-state index in [1.165, 1.54) is 64.2 Å². The number of unbranched alkanes of at least 4 members (excludes halogenated alkanes) is 8. The normalized spacial score (nSPS) is 11.3. The van der Waals surface area contributed by atoms with Crippen molar-refractivity contribution in [3.63, 3.8) is 0 Å². The summed E-state index contributed by atoms with van der Waals surface area (Å²) in [5.74, 6) is -0.778. The van der Waals surface area contributed by atoms with Gasteiger partial charge >= 0.3 is 11.9 Å². The molecule has 0 aliphatic heterocycles. The van der Waals surface area contributed by atoms with E-state index >= 15 is 0 Å². The van der Waals surface area contributed by atoms with Crippen molar-refractivity contribution in [2.45, 2.75) is 105 Å². The maximum atomic E-state index is 12.5. The molecule has 0 bridgehead atoms. The molecule has 38 heavy (non-hydrogen) atoms. The van der Waals surface area contributed by atoms with E-state index in [1.807, 2.05) is 0 Å². The van der Waals surface area contributed by atoms with Crippen molar-refractivity contribution in [2.75, 3.05) is 52.5 Å². The molecule has 6 heteroatoms. The molecule has 0 saturated heterocycles. The van der Waals surface area contributed by atoms with Crippen LogP contribution in [-0.2, 0) is 9.47 Å². The summed E-state index contributed by atoms with van der Waals surface area (Å²) < 4.78 is 11.0. The van der Waals surface area contributed by atoms with Gasteiger partial charge in [0, 0.05) is 13.1 Å². The summed E-state index contributed by atoms with van der Waals surface area (Å²) in [6.07, 6.45) is 14.4. The molecule has 0 amide bonds. The Labute approximate surface area is 233 Å². The van der Waals surface area contributed by atoms with Crippen LogP contribution < -0.4 is 0 Å². The monoisotopic (exact) mass is 532 g/mol. The minimum Gasteiger partial charge on any atom is -0.462 e. The molecule has 1 rings (SSSR count). The third-order valence-corrected chi connectivity index (χ3v) is 7.09. The number of hydrogen-bond donors (Lipinski definition) is 0. The van der Waals surface area contributed by atoms with Crippen LogP contribution in [0.15, 0.2) is 24.3 Å². The van der Waals surface area contributed by atoms with Crippen LogP contribution in [-0.4, -0.2) is 74.2 Å². The lowest BCUT2D eigenvalue weighted by atomic mass is 10.1. The predicted molar refractivity (Wildman–Crippen MR) is 158 cm³/mol. The molecule has 0 N–H and O–H groups in total. The van der Waals surface area contributed by atoms with E-state index in [-0.39, 0.29) is 11.9 Å². The topological polar surface area (TPSA) is 59.1 Å². The van der Waals surface area contributed by atoms with Gasteiger partial charge in [-0.1, -0.05) is 85.1 Å². The fraction of sp³-hybridized carbons (Fsp3) is 0.750. The van der Waals surface area contributed by atoms with E-state index in [1.54, 1.807) is 24.3 Å². The quantitative estimate of drug-likeness (QED) is 0.102. The summed E-state index contributed by atoms with van der Waals surface area (Å²) in [5, 5.41) is 0. The van der Waals surface area contributed by atoms with Crippen LogP contribution in [0.5, 0.6) is 0 Å². The SMILES string of the molecule is CCCCCCCN(CC)CCCOC(=O)c1cccc(C(=O)OCCCN(CC)CCCCCCC)c1. The Kier molecular flexibility index (Phi) is 20.7. The Hall–Kier alpha value is -1.92. The summed E-state index contributed by atoms with van der Waals surface area (Å²) in [4.78, 5) is 29.9. The molecule has 0 unspecified atom stereocenters. The molecule has 0 heterocycles. The average Bonchev–Trinajstić information content (AvgIpc) is 2.94. The van der Waals surface area contributed by atoms with Crippen LogP contribution in [0, 0.1) is 0 Å². The van der Waals surface area contributed by atoms with Gasteiger partial charge in [-0.05, 0) is 70.1 Å². The molecule has 0 aromatic heterocycles. The first kappa shape index (κ1) is 34.1. The van der Waals surface area contributed by atoms with Gasteiger partial charge in [0.1, 0.15) is 0 Å². The second-order valence-electron chi connectivity index (χ2n) is 10.3. The second-order valence-corrected chi connectivity index (χ2v) is 10.3. The summed E-state index contributed by atoms with van der Waals surface area (Å²) >= 11 is 0. The van der Waals surface area contributed by atoms with Crippen LogP contribution in [0.25, 0.3) is 0 Å². The van der Waals surface area contributed by atoms with Gasteiger partial charge in [0.15, 0.2) is 0 Å². The fourth-order valence-electron chi connectivity index (χ4n) is 4.58. The van der Waals surface area contributed by atoms with Crippen LogP contribution in [0.3, 0.4) is 0 Å². The Morgan fingerprint density at radius 3 is 1.37 bits per heavy atom. The zero-order chi connectivity index (χ0) is 27.8. The second kappa shape index (κ2) is 23.0. The van der Waals surface area contributed by atoms with E-state index in [4.69, 9.17) is 9.47 Å². The van der Waals surface area contributed by atoms with Crippen LogP contribution >= 0.6 is 0 Å². The molecule has 1 aromatic rings. The standard InChI is InChI=1S/C32H56N2O4/c1-5-9-11-13-15-22-33(7-3)24-18-26-37-31(35)29-20-17-21-30(28-29)32(36)38-27-19-25-34(8-4)23-16-14-12-10-6-2/h17,20-21,28H,5-16,18-19,22-27H2,1-4H3. The van der Waals surface area contributed by atoms with Crippen LogP contribution in [0.1, 0.15) is 125 Å². The van der Waals surface area contributed by atoms with E-state index < -0.39 is 0 Å². The Balaban J connectivity index is 2.31. The van der Waals surface area contributed by atoms with Crippen molar-refractivity contribution >= 4 is 11.9 Å². The summed E-state index contributed by atoms with van der Waals surface area (Å²) in [5.41, 5.74) is 0.783. The molecule has 0 aliphatic rings. The van der Waals surface area contributed by atoms with Crippen molar-refractivity contribution in [3.05, 3.63) is 35.4 Å². The number of hydrogen-bond acceptors (Lipinski definition) is 6. The van der Waals surface area contributed by atoms with Gasteiger partial charge in [0.05, 0.1) is 24.3 Å². The highest BCUT2D eigenvalue weighted by Gasteiger charge is 2.13. The van der Waals surface area contributed by atoms with Gasteiger partial charge in [-0.15, -0.1) is 0 Å². The summed E-state index contributed by atoms with van der Waals surface area (Å²) in [7, 11) is 0. The first-order valence-corrected chi connectivity index (χ1v) is 15.4. The Morgan fingerprint density at radius 1 is 0.579 bits per heavy atom. The molecule has 0 fully saturated rings. The Bertz CT molecular complexity index is 683. The molecule has 0 saturated carbocycles. The summed E-state index contributed by atoms with van der Waals surface area (Å²) in [6, 6.07) is 6.66. The van der Waals surface area contributed by atoms with E-state index in [0.717, 1.165) is 52.1 Å². The lowest BCUT2D eigenvalue weighted by Crippen LogP contribution is -2.27. The summed E-state index contributed by atoms with van der Waals surface area (Å²) in [6.45, 7) is 15.7. The van der Waals surface area contributed by atoms with Crippen LogP contribution in [0.4, 0.5) is 0 Å². The Morgan fingerprint density at radius 2 is 0.974 bits per heavy atom. The molecule has 6 nitrogen and oxygen atoms in total. The van der Waals surface area contributed by atoms with Crippen molar-refractivity contribution < 1.29 is 19.1 Å². The van der Waals surface area contributed by atoms with Gasteiger partial charge in [0.25, 0.3) is 0 Å². The average molecular weight is 533 g/mol.